The third kappa shape index (κ3) is 8.11. The van der Waals surface area contributed by atoms with Crippen LogP contribution in [-0.4, -0.2) is 43.3 Å². The number of allylic oxidation sites excluding steroid dienone is 1. The van der Waals surface area contributed by atoms with Gasteiger partial charge in [0.2, 0.25) is 0 Å². The lowest BCUT2D eigenvalue weighted by molar-refractivity contribution is -0.156. The van der Waals surface area contributed by atoms with Gasteiger partial charge in [0, 0.05) is 5.54 Å². The van der Waals surface area contributed by atoms with Gasteiger partial charge in [0.1, 0.15) is 0 Å². The van der Waals surface area contributed by atoms with E-state index >= 15 is 0 Å². The zero-order valence-electron chi connectivity index (χ0n) is 17.1. The number of hydrogen-bond acceptors (Lipinski definition) is 6. The summed E-state index contributed by atoms with van der Waals surface area (Å²) in [7, 11) is 1.50. The van der Waals surface area contributed by atoms with Crippen molar-refractivity contribution in [1.29, 1.82) is 0 Å². The minimum Gasteiger partial charge on any atom is -0.493 e. The number of benzene rings is 1. The summed E-state index contributed by atoms with van der Waals surface area (Å²) in [6.45, 7) is 8.18. The summed E-state index contributed by atoms with van der Waals surface area (Å²) in [6, 6.07) is 4.59. The highest BCUT2D eigenvalue weighted by Gasteiger charge is 2.22. The van der Waals surface area contributed by atoms with Gasteiger partial charge in [-0.15, -0.1) is 0 Å². The minimum atomic E-state index is -1.15. The van der Waals surface area contributed by atoms with Gasteiger partial charge in [0.25, 0.3) is 5.91 Å². The smallest absolute Gasteiger partial charge is 0.344 e. The van der Waals surface area contributed by atoms with Crippen molar-refractivity contribution < 1.29 is 28.6 Å². The van der Waals surface area contributed by atoms with Gasteiger partial charge in [-0.2, -0.15) is 0 Å². The monoisotopic (exact) mass is 392 g/mol. The summed E-state index contributed by atoms with van der Waals surface area (Å²) in [4.78, 5) is 35.6. The second kappa shape index (κ2) is 10.3. The number of methoxy groups -OCH3 is 1. The van der Waals surface area contributed by atoms with Crippen LogP contribution >= 0.6 is 0 Å². The predicted molar refractivity (Wildman–Crippen MR) is 105 cm³/mol. The van der Waals surface area contributed by atoms with Crippen molar-refractivity contribution >= 4 is 24.0 Å². The van der Waals surface area contributed by atoms with Gasteiger partial charge >= 0.3 is 12.0 Å². The molecule has 0 bridgehead atoms. The fourth-order valence-corrected chi connectivity index (χ4v) is 2.11. The van der Waals surface area contributed by atoms with Crippen molar-refractivity contribution in [2.75, 3.05) is 13.7 Å². The normalized spacial score (nSPS) is 12.2. The Kier molecular flexibility index (Phi) is 8.50. The molecule has 28 heavy (non-hydrogen) atoms. The van der Waals surface area contributed by atoms with Gasteiger partial charge < -0.3 is 19.5 Å². The highest BCUT2D eigenvalue weighted by molar-refractivity contribution is 5.97. The van der Waals surface area contributed by atoms with E-state index in [0.29, 0.717) is 11.5 Å². The summed E-state index contributed by atoms with van der Waals surface area (Å²) in [6.07, 6.45) is 2.64. The molecule has 8 heteroatoms. The summed E-state index contributed by atoms with van der Waals surface area (Å²) >= 11 is 0. The van der Waals surface area contributed by atoms with Gasteiger partial charge in [-0.25, -0.2) is 9.59 Å². The first-order valence-electron chi connectivity index (χ1n) is 8.81. The number of carbonyl (C=O) groups is 3. The Labute approximate surface area is 165 Å². The molecule has 0 aliphatic carbocycles. The molecule has 0 unspecified atom stereocenters. The quantitative estimate of drug-likeness (QED) is 0.692. The van der Waals surface area contributed by atoms with Crippen LogP contribution in [0.5, 0.6) is 11.5 Å². The van der Waals surface area contributed by atoms with E-state index < -0.39 is 36.2 Å². The fraction of sp³-hybridized carbons (Fsp3) is 0.450. The second-order valence-electron chi connectivity index (χ2n) is 7.02. The molecule has 1 rings (SSSR count). The van der Waals surface area contributed by atoms with E-state index in [9.17, 15) is 14.4 Å². The van der Waals surface area contributed by atoms with E-state index in [-0.39, 0.29) is 0 Å². The molecule has 0 radical (unpaired) electrons. The molecule has 1 aromatic rings. The topological polar surface area (TPSA) is 103 Å². The molecule has 8 nitrogen and oxygen atoms in total. The maximum atomic E-state index is 11.9. The van der Waals surface area contributed by atoms with Crippen molar-refractivity contribution in [3.05, 3.63) is 29.8 Å². The van der Waals surface area contributed by atoms with Crippen molar-refractivity contribution in [2.24, 2.45) is 0 Å². The molecular weight excluding hydrogens is 364 g/mol. The van der Waals surface area contributed by atoms with Crippen molar-refractivity contribution in [2.45, 2.75) is 46.3 Å². The highest BCUT2D eigenvalue weighted by Crippen LogP contribution is 2.28. The van der Waals surface area contributed by atoms with Crippen LogP contribution < -0.4 is 20.1 Å². The van der Waals surface area contributed by atoms with Crippen LogP contribution in [0.2, 0.25) is 0 Å². The third-order valence-corrected chi connectivity index (χ3v) is 3.30. The average molecular weight is 392 g/mol. The van der Waals surface area contributed by atoms with Crippen LogP contribution in [0.3, 0.4) is 0 Å². The lowest BCUT2D eigenvalue weighted by atomic mass is 10.1. The van der Waals surface area contributed by atoms with E-state index in [4.69, 9.17) is 14.2 Å². The molecule has 2 N–H and O–H groups in total. The molecule has 0 fully saturated rings. The largest absolute Gasteiger partial charge is 0.493 e. The molecular formula is C20H28N2O6. The van der Waals surface area contributed by atoms with E-state index in [2.05, 4.69) is 10.6 Å². The Hall–Kier alpha value is -3.03. The van der Waals surface area contributed by atoms with Crippen molar-refractivity contribution in [3.8, 4) is 11.5 Å². The van der Waals surface area contributed by atoms with E-state index in [1.165, 1.54) is 14.0 Å². The number of ether oxygens (including phenoxy) is 3. The molecule has 1 aromatic carbocycles. The number of esters is 1. The summed E-state index contributed by atoms with van der Waals surface area (Å²) in [5.41, 5.74) is 0.424. The average Bonchev–Trinajstić information content (AvgIpc) is 2.58. The molecule has 0 aromatic heterocycles. The molecule has 0 spiro atoms. The van der Waals surface area contributed by atoms with Gasteiger partial charge in [0.05, 0.1) is 7.11 Å². The number of rotatable bonds is 7. The van der Waals surface area contributed by atoms with E-state index in [1.807, 2.05) is 25.1 Å². The molecule has 3 amide bonds. The fourth-order valence-electron chi connectivity index (χ4n) is 2.11. The molecule has 0 aliphatic heterocycles. The van der Waals surface area contributed by atoms with Crippen LogP contribution in [0, 0.1) is 0 Å². The third-order valence-electron chi connectivity index (χ3n) is 3.30. The van der Waals surface area contributed by atoms with Crippen molar-refractivity contribution in [3.63, 3.8) is 0 Å². The predicted octanol–water partition coefficient (Wildman–Crippen LogP) is 2.66. The molecule has 0 saturated heterocycles. The van der Waals surface area contributed by atoms with Crippen molar-refractivity contribution in [1.82, 2.24) is 10.6 Å². The Bertz CT molecular complexity index is 737. The van der Waals surface area contributed by atoms with Crippen LogP contribution in [-0.2, 0) is 14.3 Å². The second-order valence-corrected chi connectivity index (χ2v) is 7.02. The number of imide groups is 1. The van der Waals surface area contributed by atoms with Gasteiger partial charge in [-0.05, 0) is 52.3 Å². The van der Waals surface area contributed by atoms with Crippen LogP contribution in [0.1, 0.15) is 40.2 Å². The Balaban J connectivity index is 2.56. The lowest BCUT2D eigenvalue weighted by Crippen LogP contribution is -2.50. The Morgan fingerprint density at radius 3 is 2.43 bits per heavy atom. The number of amides is 3. The SMILES string of the molecule is C/C=C/c1ccc(OCC(=O)O[C@@H](C)C(=O)NC(=O)NC(C)(C)C)c(OC)c1. The minimum absolute atomic E-state index is 0.370. The Morgan fingerprint density at radius 1 is 1.18 bits per heavy atom. The Morgan fingerprint density at radius 2 is 1.86 bits per heavy atom. The molecule has 0 saturated carbocycles. The van der Waals surface area contributed by atoms with Gasteiger partial charge in [0.15, 0.2) is 24.2 Å². The zero-order valence-corrected chi connectivity index (χ0v) is 17.1. The molecule has 1 atom stereocenters. The summed E-state index contributed by atoms with van der Waals surface area (Å²) in [5.74, 6) is -0.649. The summed E-state index contributed by atoms with van der Waals surface area (Å²) < 4.78 is 15.7. The van der Waals surface area contributed by atoms with Gasteiger partial charge in [-0.1, -0.05) is 18.2 Å². The standard InChI is InChI=1S/C20H28N2O6/c1-7-8-14-9-10-15(16(11-14)26-6)27-12-17(23)28-13(2)18(24)21-19(25)22-20(3,4)5/h7-11,13H,12H2,1-6H3,(H2,21,22,24,25)/b8-7+/t13-/m0/s1. The first-order chi connectivity index (χ1) is 13.1. The highest BCUT2D eigenvalue weighted by atomic mass is 16.6. The summed E-state index contributed by atoms with van der Waals surface area (Å²) in [5, 5.41) is 4.69. The number of nitrogens with one attached hydrogen (secondary N) is 2. The molecule has 0 aliphatic rings. The van der Waals surface area contributed by atoms with Crippen LogP contribution in [0.4, 0.5) is 4.79 Å². The zero-order chi connectivity index (χ0) is 21.3. The number of urea groups is 1. The molecule has 0 heterocycles. The first-order valence-corrected chi connectivity index (χ1v) is 8.81. The molecule has 154 valence electrons. The van der Waals surface area contributed by atoms with E-state index in [1.54, 1.807) is 32.9 Å². The first kappa shape index (κ1) is 23.0. The van der Waals surface area contributed by atoms with E-state index in [0.717, 1.165) is 5.56 Å². The number of carbonyl (C=O) groups excluding carboxylic acids is 3. The number of hydrogen-bond donors (Lipinski definition) is 2. The maximum absolute atomic E-state index is 11.9. The lowest BCUT2D eigenvalue weighted by Gasteiger charge is -2.21. The van der Waals surface area contributed by atoms with Crippen LogP contribution in [0.15, 0.2) is 24.3 Å². The van der Waals surface area contributed by atoms with Crippen LogP contribution in [0.25, 0.3) is 6.08 Å². The van der Waals surface area contributed by atoms with Gasteiger partial charge in [-0.3, -0.25) is 10.1 Å². The maximum Gasteiger partial charge on any atom is 0.344 e.